The van der Waals surface area contributed by atoms with Gasteiger partial charge >= 0.3 is 0 Å². The summed E-state index contributed by atoms with van der Waals surface area (Å²) in [4.78, 5) is 4.09. The minimum Gasteiger partial charge on any atom is -0.481 e. The number of methoxy groups -OCH3 is 1. The molecule has 0 fully saturated rings. The second-order valence-electron chi connectivity index (χ2n) is 3.76. The van der Waals surface area contributed by atoms with E-state index in [9.17, 15) is 0 Å². The van der Waals surface area contributed by atoms with Crippen molar-refractivity contribution in [1.29, 1.82) is 0 Å². The summed E-state index contributed by atoms with van der Waals surface area (Å²) >= 11 is 0. The summed E-state index contributed by atoms with van der Waals surface area (Å²) in [6.45, 7) is 0. The van der Waals surface area contributed by atoms with Crippen LogP contribution in [0.15, 0.2) is 42.7 Å². The summed E-state index contributed by atoms with van der Waals surface area (Å²) < 4.78 is 5.12. The monoisotopic (exact) mass is 225 g/mol. The average molecular weight is 225 g/mol. The second-order valence-corrected chi connectivity index (χ2v) is 3.76. The van der Waals surface area contributed by atoms with Gasteiger partial charge in [0, 0.05) is 17.6 Å². The smallest absolute Gasteiger partial charge is 0.213 e. The Morgan fingerprint density at radius 2 is 2.00 bits per heavy atom. The van der Waals surface area contributed by atoms with Gasteiger partial charge in [0.2, 0.25) is 5.88 Å². The average Bonchev–Trinajstić information content (AvgIpc) is 2.86. The molecule has 0 unspecified atom stereocenters. The zero-order chi connectivity index (χ0) is 11.7. The zero-order valence-electron chi connectivity index (χ0n) is 9.34. The van der Waals surface area contributed by atoms with Crippen LogP contribution in [0.4, 0.5) is 0 Å². The molecular formula is C13H11N3O. The van der Waals surface area contributed by atoms with Crippen LogP contribution in [0.5, 0.6) is 5.88 Å². The molecule has 2 aromatic heterocycles. The molecule has 17 heavy (non-hydrogen) atoms. The molecule has 0 spiro atoms. The van der Waals surface area contributed by atoms with Gasteiger partial charge in [0.15, 0.2) is 0 Å². The Hall–Kier alpha value is -2.36. The summed E-state index contributed by atoms with van der Waals surface area (Å²) in [7, 11) is 1.62. The summed E-state index contributed by atoms with van der Waals surface area (Å²) in [5, 5.41) is 8.04. The van der Waals surface area contributed by atoms with Crippen LogP contribution in [0.2, 0.25) is 0 Å². The van der Waals surface area contributed by atoms with E-state index in [1.807, 2.05) is 24.4 Å². The predicted octanol–water partition coefficient (Wildman–Crippen LogP) is 2.63. The number of nitrogens with zero attached hydrogens (tertiary/aromatic N) is 2. The fraction of sp³-hybridized carbons (Fsp3) is 0.0769. The maximum absolute atomic E-state index is 5.12. The van der Waals surface area contributed by atoms with Crippen LogP contribution < -0.4 is 4.74 Å². The maximum Gasteiger partial charge on any atom is 0.213 e. The fourth-order valence-corrected chi connectivity index (χ4v) is 1.82. The first-order chi connectivity index (χ1) is 8.36. The Morgan fingerprint density at radius 3 is 2.88 bits per heavy atom. The summed E-state index contributed by atoms with van der Waals surface area (Å²) in [5.41, 5.74) is 3.24. The molecule has 1 aromatic carbocycles. The molecule has 0 saturated heterocycles. The van der Waals surface area contributed by atoms with Gasteiger partial charge in [-0.2, -0.15) is 5.10 Å². The van der Waals surface area contributed by atoms with Crippen LogP contribution in [0, 0.1) is 0 Å². The largest absolute Gasteiger partial charge is 0.481 e. The molecule has 0 atom stereocenters. The highest BCUT2D eigenvalue weighted by Gasteiger charge is 2.02. The number of nitrogens with one attached hydrogen (secondary N) is 1. The number of fused-ring (bicyclic) bond motifs is 1. The van der Waals surface area contributed by atoms with Crippen molar-refractivity contribution in [1.82, 2.24) is 15.2 Å². The van der Waals surface area contributed by atoms with E-state index in [0.717, 1.165) is 22.0 Å². The molecule has 0 bridgehead atoms. The van der Waals surface area contributed by atoms with Crippen molar-refractivity contribution in [3.63, 3.8) is 0 Å². The van der Waals surface area contributed by atoms with Gasteiger partial charge in [0.25, 0.3) is 0 Å². The number of pyridine rings is 1. The summed E-state index contributed by atoms with van der Waals surface area (Å²) in [6.07, 6.45) is 3.56. The van der Waals surface area contributed by atoms with E-state index in [4.69, 9.17) is 4.74 Å². The number of benzene rings is 1. The van der Waals surface area contributed by atoms with Crippen molar-refractivity contribution in [3.8, 4) is 17.0 Å². The molecule has 3 aromatic rings. The van der Waals surface area contributed by atoms with Gasteiger partial charge in [0.05, 0.1) is 18.8 Å². The van der Waals surface area contributed by atoms with Gasteiger partial charge in [-0.1, -0.05) is 6.07 Å². The third kappa shape index (κ3) is 1.73. The lowest BCUT2D eigenvalue weighted by atomic mass is 10.1. The SMILES string of the molecule is COc1cc(-c2ccc3[nH]ncc3c2)ccn1. The van der Waals surface area contributed by atoms with Crippen molar-refractivity contribution < 1.29 is 4.74 Å². The lowest BCUT2D eigenvalue weighted by Crippen LogP contribution is -1.87. The van der Waals surface area contributed by atoms with E-state index in [1.54, 1.807) is 13.3 Å². The molecule has 0 saturated carbocycles. The highest BCUT2D eigenvalue weighted by atomic mass is 16.5. The van der Waals surface area contributed by atoms with Crippen LogP contribution in [0.3, 0.4) is 0 Å². The lowest BCUT2D eigenvalue weighted by Gasteiger charge is -2.03. The van der Waals surface area contributed by atoms with Crippen LogP contribution >= 0.6 is 0 Å². The molecule has 84 valence electrons. The number of rotatable bonds is 2. The molecular weight excluding hydrogens is 214 g/mol. The third-order valence-corrected chi connectivity index (χ3v) is 2.72. The second kappa shape index (κ2) is 3.90. The molecule has 0 aliphatic heterocycles. The number of ether oxygens (including phenoxy) is 1. The summed E-state index contributed by atoms with van der Waals surface area (Å²) in [5.74, 6) is 0.620. The number of hydrogen-bond donors (Lipinski definition) is 1. The fourth-order valence-electron chi connectivity index (χ4n) is 1.82. The zero-order valence-corrected chi connectivity index (χ0v) is 9.34. The Kier molecular flexibility index (Phi) is 2.26. The van der Waals surface area contributed by atoms with Crippen LogP contribution in [0.1, 0.15) is 0 Å². The number of H-pyrrole nitrogens is 1. The van der Waals surface area contributed by atoms with Crippen molar-refractivity contribution in [2.45, 2.75) is 0 Å². The predicted molar refractivity (Wildman–Crippen MR) is 65.9 cm³/mol. The highest BCUT2D eigenvalue weighted by molar-refractivity contribution is 5.84. The van der Waals surface area contributed by atoms with Crippen LogP contribution in [-0.4, -0.2) is 22.3 Å². The molecule has 3 rings (SSSR count). The van der Waals surface area contributed by atoms with Crippen molar-refractivity contribution in [2.75, 3.05) is 7.11 Å². The first-order valence-corrected chi connectivity index (χ1v) is 5.30. The van der Waals surface area contributed by atoms with E-state index >= 15 is 0 Å². The third-order valence-electron chi connectivity index (χ3n) is 2.72. The van der Waals surface area contributed by atoms with Crippen LogP contribution in [-0.2, 0) is 0 Å². The Bertz CT molecular complexity index is 660. The van der Waals surface area contributed by atoms with Gasteiger partial charge in [-0.15, -0.1) is 0 Å². The van der Waals surface area contributed by atoms with Gasteiger partial charge in [-0.3, -0.25) is 5.10 Å². The van der Waals surface area contributed by atoms with E-state index < -0.39 is 0 Å². The van der Waals surface area contributed by atoms with E-state index in [2.05, 4.69) is 27.3 Å². The number of aromatic nitrogens is 3. The van der Waals surface area contributed by atoms with E-state index in [0.29, 0.717) is 5.88 Å². The van der Waals surface area contributed by atoms with Gasteiger partial charge in [0.1, 0.15) is 0 Å². The van der Waals surface area contributed by atoms with Crippen molar-refractivity contribution >= 4 is 10.9 Å². The molecule has 2 heterocycles. The van der Waals surface area contributed by atoms with Crippen LogP contribution in [0.25, 0.3) is 22.0 Å². The molecule has 4 heteroatoms. The lowest BCUT2D eigenvalue weighted by molar-refractivity contribution is 0.398. The number of aromatic amines is 1. The molecule has 0 aliphatic carbocycles. The van der Waals surface area contributed by atoms with Crippen molar-refractivity contribution in [3.05, 3.63) is 42.7 Å². The van der Waals surface area contributed by atoms with Crippen molar-refractivity contribution in [2.24, 2.45) is 0 Å². The Labute approximate surface area is 98.3 Å². The molecule has 4 nitrogen and oxygen atoms in total. The molecule has 0 aliphatic rings. The topological polar surface area (TPSA) is 50.8 Å². The van der Waals surface area contributed by atoms with E-state index in [-0.39, 0.29) is 0 Å². The minimum absolute atomic E-state index is 0.620. The normalized spacial score (nSPS) is 10.6. The quantitative estimate of drug-likeness (QED) is 0.729. The molecule has 0 radical (unpaired) electrons. The highest BCUT2D eigenvalue weighted by Crippen LogP contribution is 2.25. The number of hydrogen-bond acceptors (Lipinski definition) is 3. The molecule has 0 amide bonds. The first-order valence-electron chi connectivity index (χ1n) is 5.30. The standard InChI is InChI=1S/C13H11N3O/c1-17-13-7-10(4-5-14-13)9-2-3-12-11(6-9)8-15-16-12/h2-8H,1H3,(H,15,16). The molecule has 1 N–H and O–H groups in total. The van der Waals surface area contributed by atoms with Gasteiger partial charge < -0.3 is 4.74 Å². The van der Waals surface area contributed by atoms with Gasteiger partial charge in [-0.25, -0.2) is 4.98 Å². The van der Waals surface area contributed by atoms with Gasteiger partial charge in [-0.05, 0) is 29.3 Å². The first kappa shape index (κ1) is 9.84. The summed E-state index contributed by atoms with van der Waals surface area (Å²) in [6, 6.07) is 10.0. The minimum atomic E-state index is 0.620. The maximum atomic E-state index is 5.12. The van der Waals surface area contributed by atoms with E-state index in [1.165, 1.54) is 0 Å². The Balaban J connectivity index is 2.12. The Morgan fingerprint density at radius 1 is 1.12 bits per heavy atom.